The van der Waals surface area contributed by atoms with Gasteiger partial charge in [-0.15, -0.1) is 0 Å². The number of fused-ring (bicyclic) bond motifs is 1. The van der Waals surface area contributed by atoms with Crippen LogP contribution in [-0.4, -0.2) is 29.6 Å². The lowest BCUT2D eigenvalue weighted by Crippen LogP contribution is -2.31. The zero-order valence-electron chi connectivity index (χ0n) is 17.6. The number of H-pyrrole nitrogens is 1. The van der Waals surface area contributed by atoms with E-state index in [1.807, 2.05) is 43.3 Å². The molecule has 2 aromatic carbocycles. The molecule has 7 nitrogen and oxygen atoms in total. The summed E-state index contributed by atoms with van der Waals surface area (Å²) in [4.78, 5) is 32.8. The average molecular weight is 472 g/mol. The third-order valence-electron chi connectivity index (χ3n) is 5.11. The van der Waals surface area contributed by atoms with E-state index in [0.29, 0.717) is 45.4 Å². The molecule has 2 heterocycles. The van der Waals surface area contributed by atoms with Gasteiger partial charge in [0.05, 0.1) is 19.3 Å². The fourth-order valence-corrected chi connectivity index (χ4v) is 4.56. The molecule has 0 spiro atoms. The Morgan fingerprint density at radius 3 is 2.66 bits per heavy atom. The number of benzene rings is 2. The molecule has 2 N–H and O–H groups in total. The van der Waals surface area contributed by atoms with Gasteiger partial charge in [0, 0.05) is 23.1 Å². The molecule has 32 heavy (non-hydrogen) atoms. The Labute approximate surface area is 194 Å². The average Bonchev–Trinajstić information content (AvgIpc) is 2.78. The molecule has 0 saturated heterocycles. The molecule has 1 aliphatic heterocycles. The Balaban J connectivity index is 1.65. The van der Waals surface area contributed by atoms with Gasteiger partial charge in [-0.1, -0.05) is 41.6 Å². The van der Waals surface area contributed by atoms with Crippen molar-refractivity contribution in [3.8, 4) is 11.5 Å². The lowest BCUT2D eigenvalue weighted by atomic mass is 9.86. The standard InChI is InChI=1S/C23H22ClN3O4S/c1-3-31-18-10-14(6-9-17(18)30-2)16-11-19(28)25-21-20(16)22(29)27-23(26-21)32-12-13-4-7-15(24)8-5-13/h4-10,16H,3,11-12H2,1-2H3,(H2,25,26,27,28,29)/t16-/m0/s1. The van der Waals surface area contributed by atoms with Crippen molar-refractivity contribution in [1.82, 2.24) is 9.97 Å². The molecule has 3 aromatic rings. The molecular formula is C23H22ClN3O4S. The summed E-state index contributed by atoms with van der Waals surface area (Å²) in [6.07, 6.45) is 0.146. The second-order valence-electron chi connectivity index (χ2n) is 7.20. The highest BCUT2D eigenvalue weighted by molar-refractivity contribution is 7.98. The molecule has 1 aliphatic rings. The number of hydrogen-bond donors (Lipinski definition) is 2. The number of carbonyl (C=O) groups excluding carboxylic acids is 1. The van der Waals surface area contributed by atoms with Gasteiger partial charge >= 0.3 is 0 Å². The largest absolute Gasteiger partial charge is 0.493 e. The van der Waals surface area contributed by atoms with Crippen molar-refractivity contribution in [2.24, 2.45) is 0 Å². The number of anilines is 1. The van der Waals surface area contributed by atoms with Crippen molar-refractivity contribution >= 4 is 35.1 Å². The number of thioether (sulfide) groups is 1. The summed E-state index contributed by atoms with van der Waals surface area (Å²) in [5, 5.41) is 3.86. The molecule has 0 aliphatic carbocycles. The topological polar surface area (TPSA) is 93.3 Å². The third-order valence-corrected chi connectivity index (χ3v) is 6.30. The maximum Gasteiger partial charge on any atom is 0.257 e. The van der Waals surface area contributed by atoms with Crippen molar-refractivity contribution in [1.29, 1.82) is 0 Å². The molecular weight excluding hydrogens is 450 g/mol. The van der Waals surface area contributed by atoms with Crippen LogP contribution in [0.25, 0.3) is 0 Å². The SMILES string of the molecule is CCOc1cc([C@@H]2CC(=O)Nc3nc(SCc4ccc(Cl)cc4)[nH]c(=O)c32)ccc1OC. The van der Waals surface area contributed by atoms with E-state index in [1.54, 1.807) is 13.2 Å². The Morgan fingerprint density at radius 2 is 1.94 bits per heavy atom. The van der Waals surface area contributed by atoms with Crippen LogP contribution in [0.4, 0.5) is 5.82 Å². The van der Waals surface area contributed by atoms with Crippen LogP contribution in [0.2, 0.25) is 5.02 Å². The molecule has 0 radical (unpaired) electrons. The monoisotopic (exact) mass is 471 g/mol. The van der Waals surface area contributed by atoms with Gasteiger partial charge in [0.25, 0.3) is 5.56 Å². The van der Waals surface area contributed by atoms with Gasteiger partial charge in [0.15, 0.2) is 16.7 Å². The van der Waals surface area contributed by atoms with Crippen molar-refractivity contribution in [3.05, 3.63) is 74.5 Å². The van der Waals surface area contributed by atoms with Gasteiger partial charge in [-0.05, 0) is 42.3 Å². The van der Waals surface area contributed by atoms with Crippen LogP contribution in [0.3, 0.4) is 0 Å². The third kappa shape index (κ3) is 4.76. The van der Waals surface area contributed by atoms with Crippen LogP contribution in [0.15, 0.2) is 52.4 Å². The van der Waals surface area contributed by atoms with E-state index in [4.69, 9.17) is 21.1 Å². The summed E-state index contributed by atoms with van der Waals surface area (Å²) in [6, 6.07) is 12.9. The van der Waals surface area contributed by atoms with Crippen molar-refractivity contribution in [3.63, 3.8) is 0 Å². The highest BCUT2D eigenvalue weighted by atomic mass is 35.5. The number of halogens is 1. The van der Waals surface area contributed by atoms with E-state index < -0.39 is 5.92 Å². The number of aromatic nitrogens is 2. The van der Waals surface area contributed by atoms with E-state index in [2.05, 4.69) is 15.3 Å². The first kappa shape index (κ1) is 22.2. The Morgan fingerprint density at radius 1 is 1.16 bits per heavy atom. The molecule has 9 heteroatoms. The minimum absolute atomic E-state index is 0.146. The lowest BCUT2D eigenvalue weighted by Gasteiger charge is -2.25. The first-order valence-electron chi connectivity index (χ1n) is 10.1. The molecule has 0 saturated carbocycles. The quantitative estimate of drug-likeness (QED) is 0.386. The molecule has 4 rings (SSSR count). The number of aromatic amines is 1. The van der Waals surface area contributed by atoms with E-state index in [1.165, 1.54) is 11.8 Å². The molecule has 1 amide bonds. The number of methoxy groups -OCH3 is 1. The van der Waals surface area contributed by atoms with Crippen molar-refractivity contribution < 1.29 is 14.3 Å². The molecule has 166 valence electrons. The van der Waals surface area contributed by atoms with Gasteiger partial charge < -0.3 is 19.8 Å². The molecule has 0 bridgehead atoms. The second-order valence-corrected chi connectivity index (χ2v) is 8.60. The number of amides is 1. The van der Waals surface area contributed by atoms with Crippen LogP contribution >= 0.6 is 23.4 Å². The fourth-order valence-electron chi connectivity index (χ4n) is 3.61. The Hall–Kier alpha value is -2.97. The highest BCUT2D eigenvalue weighted by Gasteiger charge is 2.31. The van der Waals surface area contributed by atoms with E-state index >= 15 is 0 Å². The second kappa shape index (κ2) is 9.67. The van der Waals surface area contributed by atoms with E-state index in [-0.39, 0.29) is 17.9 Å². The molecule has 0 fully saturated rings. The highest BCUT2D eigenvalue weighted by Crippen LogP contribution is 2.38. The Bertz CT molecular complexity index is 1200. The number of nitrogens with one attached hydrogen (secondary N) is 2. The van der Waals surface area contributed by atoms with Gasteiger partial charge in [-0.25, -0.2) is 4.98 Å². The van der Waals surface area contributed by atoms with Crippen molar-refractivity contribution in [2.75, 3.05) is 19.0 Å². The Kier molecular flexibility index (Phi) is 6.72. The maximum absolute atomic E-state index is 13.0. The van der Waals surface area contributed by atoms with Crippen LogP contribution in [0.5, 0.6) is 11.5 Å². The zero-order valence-corrected chi connectivity index (χ0v) is 19.2. The summed E-state index contributed by atoms with van der Waals surface area (Å²) < 4.78 is 11.0. The van der Waals surface area contributed by atoms with Crippen LogP contribution < -0.4 is 20.3 Å². The summed E-state index contributed by atoms with van der Waals surface area (Å²) in [7, 11) is 1.57. The van der Waals surface area contributed by atoms with Crippen molar-refractivity contribution in [2.45, 2.75) is 30.2 Å². The summed E-state index contributed by atoms with van der Waals surface area (Å²) in [5.74, 6) is 1.43. The van der Waals surface area contributed by atoms with Crippen LogP contribution in [0, 0.1) is 0 Å². The number of hydrogen-bond acceptors (Lipinski definition) is 6. The van der Waals surface area contributed by atoms with Gasteiger partial charge in [-0.2, -0.15) is 0 Å². The van der Waals surface area contributed by atoms with E-state index in [0.717, 1.165) is 11.1 Å². The molecule has 0 unspecified atom stereocenters. The van der Waals surface area contributed by atoms with Crippen LogP contribution in [0.1, 0.15) is 36.0 Å². The number of carbonyl (C=O) groups is 1. The number of rotatable bonds is 7. The zero-order chi connectivity index (χ0) is 22.7. The van der Waals surface area contributed by atoms with Gasteiger partial charge in [-0.3, -0.25) is 9.59 Å². The first-order valence-corrected chi connectivity index (χ1v) is 11.5. The summed E-state index contributed by atoms with van der Waals surface area (Å²) in [6.45, 7) is 2.35. The van der Waals surface area contributed by atoms with Crippen LogP contribution in [-0.2, 0) is 10.5 Å². The van der Waals surface area contributed by atoms with Gasteiger partial charge in [0.2, 0.25) is 5.91 Å². The maximum atomic E-state index is 13.0. The van der Waals surface area contributed by atoms with Gasteiger partial charge in [0.1, 0.15) is 5.82 Å². The summed E-state index contributed by atoms with van der Waals surface area (Å²) >= 11 is 7.31. The first-order chi connectivity index (χ1) is 15.5. The minimum atomic E-state index is -0.435. The smallest absolute Gasteiger partial charge is 0.257 e. The molecule has 1 atom stereocenters. The molecule has 1 aromatic heterocycles. The fraction of sp³-hybridized carbons (Fsp3) is 0.261. The van der Waals surface area contributed by atoms with E-state index in [9.17, 15) is 9.59 Å². The lowest BCUT2D eigenvalue weighted by molar-refractivity contribution is -0.116. The summed E-state index contributed by atoms with van der Waals surface area (Å²) in [5.41, 5.74) is 2.00. The normalized spacial score (nSPS) is 15.1. The number of nitrogens with zero attached hydrogens (tertiary/aromatic N) is 1. The minimum Gasteiger partial charge on any atom is -0.493 e. The number of ether oxygens (including phenoxy) is 2. The predicted molar refractivity (Wildman–Crippen MR) is 125 cm³/mol. The predicted octanol–water partition coefficient (Wildman–Crippen LogP) is 4.60.